The molecule has 0 heterocycles. The molecule has 2 rings (SSSR count). The van der Waals surface area contributed by atoms with Gasteiger partial charge in [-0.2, -0.15) is 0 Å². The van der Waals surface area contributed by atoms with Gasteiger partial charge in [-0.25, -0.2) is 8.42 Å². The normalized spacial score (nSPS) is 12.3. The third kappa shape index (κ3) is 6.69. The minimum absolute atomic E-state index is 0.0489. The first-order chi connectivity index (χ1) is 12.7. The van der Waals surface area contributed by atoms with Crippen LogP contribution in [-0.4, -0.2) is 38.3 Å². The summed E-state index contributed by atoms with van der Waals surface area (Å²) in [5.74, 6) is -1.27. The molecular weight excluding hydrogens is 388 g/mol. The predicted octanol–water partition coefficient (Wildman–Crippen LogP) is 2.82. The molecule has 0 spiro atoms. The minimum atomic E-state index is -3.30. The van der Waals surface area contributed by atoms with Gasteiger partial charge in [0, 0.05) is 11.9 Å². The zero-order valence-corrected chi connectivity index (χ0v) is 16.6. The van der Waals surface area contributed by atoms with E-state index in [1.54, 1.807) is 36.4 Å². The molecule has 1 atom stereocenters. The molecule has 0 saturated carbocycles. The van der Waals surface area contributed by atoms with E-state index < -0.39 is 27.7 Å². The summed E-state index contributed by atoms with van der Waals surface area (Å²) in [6.07, 6.45) is 1.03. The maximum absolute atomic E-state index is 12.6. The Kier molecular flexibility index (Phi) is 6.98. The van der Waals surface area contributed by atoms with Gasteiger partial charge in [-0.3, -0.25) is 9.59 Å². The summed E-state index contributed by atoms with van der Waals surface area (Å²) < 4.78 is 23.0. The fourth-order valence-corrected chi connectivity index (χ4v) is 3.32. The lowest BCUT2D eigenvalue weighted by molar-refractivity contribution is -0.118. The van der Waals surface area contributed by atoms with Crippen LogP contribution >= 0.6 is 11.6 Å². The predicted molar refractivity (Wildman–Crippen MR) is 107 cm³/mol. The van der Waals surface area contributed by atoms with Crippen molar-refractivity contribution in [1.29, 1.82) is 0 Å². The number of nitrogens with one attached hydrogen (secondary N) is 2. The summed E-state index contributed by atoms with van der Waals surface area (Å²) in [5.41, 5.74) is 1.74. The zero-order chi connectivity index (χ0) is 20.0. The number of carbonyl (C=O) groups excluding carboxylic acids is 2. The average molecular weight is 409 g/mol. The highest BCUT2D eigenvalue weighted by molar-refractivity contribution is 7.90. The first-order valence-corrected chi connectivity index (χ1v) is 10.7. The first kappa shape index (κ1) is 20.9. The molecule has 0 fully saturated rings. The third-order valence-corrected chi connectivity index (χ3v) is 5.11. The number of aryl methyl sites for hydroxylation is 1. The van der Waals surface area contributed by atoms with Crippen LogP contribution in [0, 0.1) is 6.92 Å². The number of carbonyl (C=O) groups is 2. The molecule has 2 aromatic carbocycles. The second kappa shape index (κ2) is 9.01. The second-order valence-corrected chi connectivity index (χ2v) is 8.95. The van der Waals surface area contributed by atoms with Crippen molar-refractivity contribution in [2.75, 3.05) is 17.3 Å². The molecule has 0 unspecified atom stereocenters. The third-order valence-electron chi connectivity index (χ3n) is 3.80. The van der Waals surface area contributed by atoms with Crippen LogP contribution in [0.25, 0.3) is 0 Å². The average Bonchev–Trinajstić information content (AvgIpc) is 2.58. The number of sulfone groups is 1. The van der Waals surface area contributed by atoms with E-state index in [-0.39, 0.29) is 22.8 Å². The number of halogens is 1. The van der Waals surface area contributed by atoms with Crippen molar-refractivity contribution >= 4 is 38.9 Å². The lowest BCUT2D eigenvalue weighted by atomic mass is 10.1. The summed E-state index contributed by atoms with van der Waals surface area (Å²) in [4.78, 5) is 25.1. The number of hydrogen-bond donors (Lipinski definition) is 2. The van der Waals surface area contributed by atoms with Crippen LogP contribution in [-0.2, 0) is 14.6 Å². The van der Waals surface area contributed by atoms with Crippen LogP contribution in [0.3, 0.4) is 0 Å². The van der Waals surface area contributed by atoms with E-state index in [0.29, 0.717) is 5.69 Å². The largest absolute Gasteiger partial charge is 0.340 e. The van der Waals surface area contributed by atoms with E-state index in [1.807, 2.05) is 13.0 Å². The van der Waals surface area contributed by atoms with Crippen LogP contribution < -0.4 is 10.6 Å². The van der Waals surface area contributed by atoms with Crippen LogP contribution in [0.4, 0.5) is 5.69 Å². The summed E-state index contributed by atoms with van der Waals surface area (Å²) in [5, 5.41) is 5.54. The van der Waals surface area contributed by atoms with Gasteiger partial charge in [-0.05, 0) is 43.2 Å². The molecule has 0 aromatic heterocycles. The molecule has 0 saturated heterocycles. The van der Waals surface area contributed by atoms with Gasteiger partial charge >= 0.3 is 0 Å². The summed E-state index contributed by atoms with van der Waals surface area (Å²) in [7, 11) is -3.30. The van der Waals surface area contributed by atoms with Crippen molar-refractivity contribution in [1.82, 2.24) is 5.32 Å². The van der Waals surface area contributed by atoms with Crippen LogP contribution in [0.1, 0.15) is 22.3 Å². The van der Waals surface area contributed by atoms with Crippen LogP contribution in [0.5, 0.6) is 0 Å². The lowest BCUT2D eigenvalue weighted by Gasteiger charge is -2.19. The molecule has 0 bridgehead atoms. The molecular formula is C19H21ClN2O4S. The van der Waals surface area contributed by atoms with Crippen LogP contribution in [0.2, 0.25) is 5.02 Å². The molecule has 0 aliphatic heterocycles. The number of anilines is 1. The quantitative estimate of drug-likeness (QED) is 0.736. The summed E-state index contributed by atoms with van der Waals surface area (Å²) in [6.45, 7) is 1.88. The Hall–Kier alpha value is -2.38. The van der Waals surface area contributed by atoms with Crippen molar-refractivity contribution in [2.24, 2.45) is 0 Å². The molecule has 27 heavy (non-hydrogen) atoms. The standard InChI is InChI=1S/C19H21ClN2O4S/c1-13-6-5-7-14(12-13)21-19(24)17(10-11-27(2,25)26)22-18(23)15-8-3-4-9-16(15)20/h3-9,12,17H,10-11H2,1-2H3,(H,21,24)(H,22,23)/t17-/m1/s1. The molecule has 0 aliphatic rings. The van der Waals surface area contributed by atoms with Crippen molar-refractivity contribution in [3.63, 3.8) is 0 Å². The zero-order valence-electron chi connectivity index (χ0n) is 15.0. The van der Waals surface area contributed by atoms with Crippen LogP contribution in [0.15, 0.2) is 48.5 Å². The maximum atomic E-state index is 12.6. The van der Waals surface area contributed by atoms with Gasteiger partial charge in [0.25, 0.3) is 5.91 Å². The van der Waals surface area contributed by atoms with Crippen molar-refractivity contribution < 1.29 is 18.0 Å². The molecule has 6 nitrogen and oxygen atoms in total. The summed E-state index contributed by atoms with van der Waals surface area (Å²) >= 11 is 6.02. The number of amides is 2. The Balaban J connectivity index is 2.18. The van der Waals surface area contributed by atoms with Gasteiger partial charge in [0.2, 0.25) is 5.91 Å². The first-order valence-electron chi connectivity index (χ1n) is 8.26. The van der Waals surface area contributed by atoms with Gasteiger partial charge < -0.3 is 10.6 Å². The fraction of sp³-hybridized carbons (Fsp3) is 0.263. The van der Waals surface area contributed by atoms with E-state index in [4.69, 9.17) is 11.6 Å². The molecule has 144 valence electrons. The highest BCUT2D eigenvalue weighted by Gasteiger charge is 2.24. The van der Waals surface area contributed by atoms with Crippen molar-refractivity contribution in [3.8, 4) is 0 Å². The monoisotopic (exact) mass is 408 g/mol. The molecule has 8 heteroatoms. The molecule has 2 amide bonds. The van der Waals surface area contributed by atoms with E-state index in [9.17, 15) is 18.0 Å². The maximum Gasteiger partial charge on any atom is 0.253 e. The van der Waals surface area contributed by atoms with E-state index in [1.165, 1.54) is 6.07 Å². The van der Waals surface area contributed by atoms with Crippen molar-refractivity contribution in [2.45, 2.75) is 19.4 Å². The van der Waals surface area contributed by atoms with Gasteiger partial charge in [-0.1, -0.05) is 35.9 Å². The minimum Gasteiger partial charge on any atom is -0.340 e. The van der Waals surface area contributed by atoms with E-state index in [2.05, 4.69) is 10.6 Å². The Morgan fingerprint density at radius 1 is 1.11 bits per heavy atom. The second-order valence-electron chi connectivity index (χ2n) is 6.28. The van der Waals surface area contributed by atoms with Gasteiger partial charge in [-0.15, -0.1) is 0 Å². The van der Waals surface area contributed by atoms with Crippen molar-refractivity contribution in [3.05, 3.63) is 64.7 Å². The van der Waals surface area contributed by atoms with E-state index in [0.717, 1.165) is 11.8 Å². The van der Waals surface area contributed by atoms with Gasteiger partial charge in [0.1, 0.15) is 15.9 Å². The smallest absolute Gasteiger partial charge is 0.253 e. The number of benzene rings is 2. The van der Waals surface area contributed by atoms with Gasteiger partial charge in [0.05, 0.1) is 16.3 Å². The Labute approximate surface area is 163 Å². The number of rotatable bonds is 7. The molecule has 0 aliphatic carbocycles. The fourth-order valence-electron chi connectivity index (χ4n) is 2.43. The molecule has 0 radical (unpaired) electrons. The highest BCUT2D eigenvalue weighted by Crippen LogP contribution is 2.16. The lowest BCUT2D eigenvalue weighted by Crippen LogP contribution is -2.44. The van der Waals surface area contributed by atoms with Gasteiger partial charge in [0.15, 0.2) is 0 Å². The Morgan fingerprint density at radius 2 is 1.81 bits per heavy atom. The SMILES string of the molecule is Cc1cccc(NC(=O)[C@@H](CCS(C)(=O)=O)NC(=O)c2ccccc2Cl)c1. The highest BCUT2D eigenvalue weighted by atomic mass is 35.5. The molecule has 2 aromatic rings. The molecule has 2 N–H and O–H groups in total. The topological polar surface area (TPSA) is 92.3 Å². The Bertz CT molecular complexity index is 944. The van der Waals surface area contributed by atoms with E-state index >= 15 is 0 Å². The Morgan fingerprint density at radius 3 is 2.44 bits per heavy atom. The number of hydrogen-bond acceptors (Lipinski definition) is 4. The summed E-state index contributed by atoms with van der Waals surface area (Å²) in [6, 6.07) is 12.6.